The second kappa shape index (κ2) is 6.48. The third-order valence-corrected chi connectivity index (χ3v) is 4.22. The van der Waals surface area contributed by atoms with Gasteiger partial charge >= 0.3 is 0 Å². The highest BCUT2D eigenvalue weighted by Gasteiger charge is 2.34. The van der Waals surface area contributed by atoms with Crippen molar-refractivity contribution in [1.29, 1.82) is 0 Å². The molecule has 0 spiro atoms. The molecule has 2 heterocycles. The van der Waals surface area contributed by atoms with Gasteiger partial charge in [0.1, 0.15) is 0 Å². The summed E-state index contributed by atoms with van der Waals surface area (Å²) in [4.78, 5) is 31.9. The molecule has 0 bridgehead atoms. The number of hydrogen-bond acceptors (Lipinski definition) is 4. The molecule has 23 heavy (non-hydrogen) atoms. The van der Waals surface area contributed by atoms with Crippen molar-refractivity contribution in [2.75, 3.05) is 20.1 Å². The van der Waals surface area contributed by atoms with Crippen LogP contribution in [0.4, 0.5) is 0 Å². The van der Waals surface area contributed by atoms with Crippen molar-refractivity contribution in [1.82, 2.24) is 14.8 Å². The lowest BCUT2D eigenvalue weighted by molar-refractivity contribution is 0.0640. The molecule has 5 nitrogen and oxygen atoms in total. The van der Waals surface area contributed by atoms with Gasteiger partial charge in [-0.3, -0.25) is 19.5 Å². The molecule has 0 saturated heterocycles. The Labute approximate surface area is 139 Å². The summed E-state index contributed by atoms with van der Waals surface area (Å²) in [7, 11) is 1.93. The Kier molecular flexibility index (Phi) is 4.41. The van der Waals surface area contributed by atoms with Gasteiger partial charge in [0.2, 0.25) is 0 Å². The predicted molar refractivity (Wildman–Crippen MR) is 87.4 cm³/mol. The van der Waals surface area contributed by atoms with E-state index in [1.807, 2.05) is 18.0 Å². The number of pyridine rings is 1. The van der Waals surface area contributed by atoms with E-state index in [-0.39, 0.29) is 11.8 Å². The Hall–Kier alpha value is -2.24. The van der Waals surface area contributed by atoms with Crippen LogP contribution in [0.2, 0.25) is 5.02 Å². The number of halogens is 1. The topological polar surface area (TPSA) is 53.5 Å². The molecule has 3 rings (SSSR count). The Morgan fingerprint density at radius 2 is 1.78 bits per heavy atom. The van der Waals surface area contributed by atoms with Gasteiger partial charge in [-0.25, -0.2) is 0 Å². The summed E-state index contributed by atoms with van der Waals surface area (Å²) in [5.41, 5.74) is 1.93. The Morgan fingerprint density at radius 3 is 2.39 bits per heavy atom. The van der Waals surface area contributed by atoms with Crippen molar-refractivity contribution < 1.29 is 9.59 Å². The van der Waals surface area contributed by atoms with Crippen molar-refractivity contribution in [3.8, 4) is 0 Å². The number of benzene rings is 1. The molecule has 0 atom stereocenters. The van der Waals surface area contributed by atoms with Crippen LogP contribution in [0.1, 0.15) is 26.3 Å². The maximum absolute atomic E-state index is 12.3. The van der Waals surface area contributed by atoms with E-state index in [1.54, 1.807) is 36.7 Å². The smallest absolute Gasteiger partial charge is 0.261 e. The van der Waals surface area contributed by atoms with Crippen LogP contribution in [0.3, 0.4) is 0 Å². The number of aromatic nitrogens is 1. The van der Waals surface area contributed by atoms with Crippen LogP contribution in [0, 0.1) is 0 Å². The number of carbonyl (C=O) groups is 2. The highest BCUT2D eigenvalue weighted by atomic mass is 35.5. The third-order valence-electron chi connectivity index (χ3n) is 3.88. The zero-order chi connectivity index (χ0) is 16.4. The predicted octanol–water partition coefficient (Wildman–Crippen LogP) is 2.46. The van der Waals surface area contributed by atoms with Crippen LogP contribution in [-0.2, 0) is 6.54 Å². The first-order chi connectivity index (χ1) is 11.1. The second-order valence-electron chi connectivity index (χ2n) is 5.51. The summed E-state index contributed by atoms with van der Waals surface area (Å²) in [5, 5.41) is 0.611. The summed E-state index contributed by atoms with van der Waals surface area (Å²) < 4.78 is 0. The van der Waals surface area contributed by atoms with Gasteiger partial charge in [-0.1, -0.05) is 23.7 Å². The van der Waals surface area contributed by atoms with E-state index in [9.17, 15) is 9.59 Å². The fraction of sp³-hybridized carbons (Fsp3) is 0.235. The van der Waals surface area contributed by atoms with Gasteiger partial charge in [0.05, 0.1) is 16.1 Å². The molecule has 0 saturated carbocycles. The quantitative estimate of drug-likeness (QED) is 0.791. The number of amides is 2. The van der Waals surface area contributed by atoms with E-state index in [1.165, 1.54) is 4.90 Å². The molecular formula is C17H16ClN3O2. The van der Waals surface area contributed by atoms with Crippen LogP contribution >= 0.6 is 11.6 Å². The fourth-order valence-electron chi connectivity index (χ4n) is 2.62. The summed E-state index contributed by atoms with van der Waals surface area (Å²) in [6.45, 7) is 1.56. The van der Waals surface area contributed by atoms with E-state index < -0.39 is 0 Å². The fourth-order valence-corrected chi connectivity index (χ4v) is 2.79. The van der Waals surface area contributed by atoms with E-state index in [0.717, 1.165) is 5.56 Å². The molecule has 1 aliphatic rings. The first-order valence-corrected chi connectivity index (χ1v) is 7.68. The van der Waals surface area contributed by atoms with Crippen LogP contribution in [0.5, 0.6) is 0 Å². The zero-order valence-electron chi connectivity index (χ0n) is 12.7. The molecule has 1 aromatic heterocycles. The number of carbonyl (C=O) groups excluding carboxylic acids is 2. The van der Waals surface area contributed by atoms with Crippen LogP contribution in [0.25, 0.3) is 0 Å². The molecule has 0 unspecified atom stereocenters. The van der Waals surface area contributed by atoms with Crippen LogP contribution in [0.15, 0.2) is 42.7 Å². The van der Waals surface area contributed by atoms with Gasteiger partial charge in [0.15, 0.2) is 0 Å². The second-order valence-corrected chi connectivity index (χ2v) is 5.92. The minimum atomic E-state index is -0.221. The Morgan fingerprint density at radius 1 is 1.13 bits per heavy atom. The maximum atomic E-state index is 12.3. The summed E-state index contributed by atoms with van der Waals surface area (Å²) >= 11 is 6.09. The third kappa shape index (κ3) is 3.11. The van der Waals surface area contributed by atoms with Gasteiger partial charge in [-0.2, -0.15) is 0 Å². The molecule has 2 amide bonds. The van der Waals surface area contributed by atoms with Gasteiger partial charge in [-0.05, 0) is 30.8 Å². The lowest BCUT2D eigenvalue weighted by Gasteiger charge is -2.21. The van der Waals surface area contributed by atoms with Gasteiger partial charge in [-0.15, -0.1) is 0 Å². The number of likely N-dealkylation sites (N-methyl/N-ethyl adjacent to an activating group) is 1. The molecule has 0 fully saturated rings. The SMILES string of the molecule is CN(CCN1C(=O)c2ccccc2C1=O)Cc1ccncc1Cl. The molecule has 0 N–H and O–H groups in total. The Balaban J connectivity index is 1.62. The number of hydrogen-bond donors (Lipinski definition) is 0. The van der Waals surface area contributed by atoms with Gasteiger partial charge < -0.3 is 4.90 Å². The van der Waals surface area contributed by atoms with Crippen molar-refractivity contribution >= 4 is 23.4 Å². The summed E-state index contributed by atoms with van der Waals surface area (Å²) in [5.74, 6) is -0.443. The van der Waals surface area contributed by atoms with Crippen molar-refractivity contribution in [3.63, 3.8) is 0 Å². The average Bonchev–Trinajstić information content (AvgIpc) is 2.80. The molecule has 2 aromatic rings. The number of fused-ring (bicyclic) bond motifs is 1. The largest absolute Gasteiger partial charge is 0.300 e. The normalized spacial score (nSPS) is 13.8. The van der Waals surface area contributed by atoms with E-state index in [0.29, 0.717) is 35.8 Å². The zero-order valence-corrected chi connectivity index (χ0v) is 13.5. The van der Waals surface area contributed by atoms with Crippen LogP contribution in [-0.4, -0.2) is 46.7 Å². The van der Waals surface area contributed by atoms with E-state index >= 15 is 0 Å². The molecular weight excluding hydrogens is 314 g/mol. The molecule has 1 aromatic carbocycles. The minimum Gasteiger partial charge on any atom is -0.300 e. The highest BCUT2D eigenvalue weighted by Crippen LogP contribution is 2.22. The monoisotopic (exact) mass is 329 g/mol. The molecule has 0 radical (unpaired) electrons. The minimum absolute atomic E-state index is 0.221. The van der Waals surface area contributed by atoms with Crippen molar-refractivity contribution in [2.24, 2.45) is 0 Å². The molecule has 0 aliphatic carbocycles. The van der Waals surface area contributed by atoms with Crippen LogP contribution < -0.4 is 0 Å². The summed E-state index contributed by atoms with van der Waals surface area (Å²) in [6, 6.07) is 8.78. The number of rotatable bonds is 5. The average molecular weight is 330 g/mol. The Bertz CT molecular complexity index is 728. The van der Waals surface area contributed by atoms with E-state index in [4.69, 9.17) is 11.6 Å². The molecule has 118 valence electrons. The number of imide groups is 1. The first-order valence-electron chi connectivity index (χ1n) is 7.30. The standard InChI is InChI=1S/C17H16ClN3O2/c1-20(11-12-6-7-19-10-15(12)18)8-9-21-16(22)13-4-2-3-5-14(13)17(21)23/h2-7,10H,8-9,11H2,1H3. The molecule has 6 heteroatoms. The first kappa shape index (κ1) is 15.6. The molecule has 1 aliphatic heterocycles. The highest BCUT2D eigenvalue weighted by molar-refractivity contribution is 6.31. The van der Waals surface area contributed by atoms with Crippen molar-refractivity contribution in [3.05, 3.63) is 64.4 Å². The van der Waals surface area contributed by atoms with Gasteiger partial charge in [0.25, 0.3) is 11.8 Å². The van der Waals surface area contributed by atoms with E-state index in [2.05, 4.69) is 4.98 Å². The lowest BCUT2D eigenvalue weighted by Crippen LogP contribution is -2.36. The lowest BCUT2D eigenvalue weighted by atomic mass is 10.1. The maximum Gasteiger partial charge on any atom is 0.261 e. The van der Waals surface area contributed by atoms with Crippen molar-refractivity contribution in [2.45, 2.75) is 6.54 Å². The summed E-state index contributed by atoms with van der Waals surface area (Å²) in [6.07, 6.45) is 3.30. The van der Waals surface area contributed by atoms with Gasteiger partial charge in [0, 0.05) is 32.0 Å². The number of nitrogens with zero attached hydrogens (tertiary/aromatic N) is 3.